The smallest absolute Gasteiger partial charge is 0.273 e. The third kappa shape index (κ3) is 6.53. The van der Waals surface area contributed by atoms with Gasteiger partial charge in [0, 0.05) is 17.0 Å². The molecule has 1 amide bonds. The molecule has 0 atom stereocenters. The molecule has 8 nitrogen and oxygen atoms in total. The minimum atomic E-state index is -4.08. The summed E-state index contributed by atoms with van der Waals surface area (Å²) in [5, 5.41) is 4.28. The quantitative estimate of drug-likeness (QED) is 0.136. The van der Waals surface area contributed by atoms with Crippen LogP contribution in [0, 0.1) is 27.7 Å². The molecule has 0 aliphatic carbocycles. The monoisotopic (exact) mass is 620 g/mol. The third-order valence-electron chi connectivity index (χ3n) is 7.74. The van der Waals surface area contributed by atoms with E-state index in [-0.39, 0.29) is 22.7 Å². The SMILES string of the molecule is COc1ccc(S(=O)(=O)N(Cc2ccccc2)c2ccccc2C(=O)N/N=C\c2cc(C)n(-c3c(C)cccc3C)c2C)cc1. The van der Waals surface area contributed by atoms with Crippen LogP contribution in [0.2, 0.25) is 0 Å². The van der Waals surface area contributed by atoms with Crippen LogP contribution in [0.4, 0.5) is 5.69 Å². The van der Waals surface area contributed by atoms with Crippen LogP contribution in [0.15, 0.2) is 113 Å². The Morgan fingerprint density at radius 3 is 2.18 bits per heavy atom. The van der Waals surface area contributed by atoms with Gasteiger partial charge < -0.3 is 9.30 Å². The molecule has 0 aliphatic heterocycles. The van der Waals surface area contributed by atoms with Crippen molar-refractivity contribution in [1.82, 2.24) is 9.99 Å². The molecule has 0 fully saturated rings. The van der Waals surface area contributed by atoms with Gasteiger partial charge in [-0.15, -0.1) is 0 Å². The molecule has 0 radical (unpaired) electrons. The van der Waals surface area contributed by atoms with Crippen molar-refractivity contribution in [1.29, 1.82) is 0 Å². The molecular weight excluding hydrogens is 584 g/mol. The molecule has 4 aromatic carbocycles. The summed E-state index contributed by atoms with van der Waals surface area (Å²) in [5.41, 5.74) is 10.1. The lowest BCUT2D eigenvalue weighted by molar-refractivity contribution is 0.0955. The van der Waals surface area contributed by atoms with Gasteiger partial charge in [0.25, 0.3) is 15.9 Å². The topological polar surface area (TPSA) is 93.0 Å². The number of para-hydroxylation sites is 2. The number of aromatic nitrogens is 1. The van der Waals surface area contributed by atoms with Crippen LogP contribution >= 0.6 is 0 Å². The van der Waals surface area contributed by atoms with Crippen molar-refractivity contribution in [2.24, 2.45) is 5.10 Å². The largest absolute Gasteiger partial charge is 0.497 e. The van der Waals surface area contributed by atoms with Gasteiger partial charge in [0.05, 0.1) is 41.7 Å². The molecule has 0 bridgehead atoms. The van der Waals surface area contributed by atoms with E-state index in [0.29, 0.717) is 5.75 Å². The fourth-order valence-corrected chi connectivity index (χ4v) is 6.92. The first kappa shape index (κ1) is 31.3. The zero-order chi connectivity index (χ0) is 32.1. The number of carbonyl (C=O) groups excluding carboxylic acids is 1. The number of rotatable bonds is 10. The zero-order valence-electron chi connectivity index (χ0n) is 26.0. The van der Waals surface area contributed by atoms with E-state index in [2.05, 4.69) is 41.1 Å². The normalized spacial score (nSPS) is 11.5. The maximum Gasteiger partial charge on any atom is 0.273 e. The number of nitrogens with zero attached hydrogens (tertiary/aromatic N) is 3. The highest BCUT2D eigenvalue weighted by Gasteiger charge is 2.29. The summed E-state index contributed by atoms with van der Waals surface area (Å²) in [6.07, 6.45) is 1.61. The Kier molecular flexibility index (Phi) is 9.20. The number of nitrogens with one attached hydrogen (secondary N) is 1. The van der Waals surface area contributed by atoms with Crippen molar-refractivity contribution in [3.8, 4) is 11.4 Å². The van der Waals surface area contributed by atoms with Crippen molar-refractivity contribution in [2.75, 3.05) is 11.4 Å². The second-order valence-electron chi connectivity index (χ2n) is 10.8. The first-order chi connectivity index (χ1) is 21.6. The van der Waals surface area contributed by atoms with Crippen LogP contribution < -0.4 is 14.5 Å². The third-order valence-corrected chi connectivity index (χ3v) is 9.51. The summed E-state index contributed by atoms with van der Waals surface area (Å²) in [5.74, 6) is 0.00408. The predicted molar refractivity (Wildman–Crippen MR) is 179 cm³/mol. The van der Waals surface area contributed by atoms with E-state index in [4.69, 9.17) is 4.74 Å². The molecule has 5 rings (SSSR count). The van der Waals surface area contributed by atoms with Gasteiger partial charge in [0.1, 0.15) is 5.75 Å². The molecule has 0 aliphatic rings. The number of hydrogen-bond donors (Lipinski definition) is 1. The van der Waals surface area contributed by atoms with Crippen LogP contribution in [-0.4, -0.2) is 32.2 Å². The Balaban J connectivity index is 1.47. The van der Waals surface area contributed by atoms with Gasteiger partial charge in [0.2, 0.25) is 0 Å². The van der Waals surface area contributed by atoms with E-state index in [1.807, 2.05) is 56.3 Å². The number of hydrazone groups is 1. The molecule has 0 spiro atoms. The summed E-state index contributed by atoms with van der Waals surface area (Å²) < 4.78 is 36.8. The minimum absolute atomic E-state index is 0.0209. The molecule has 1 N–H and O–H groups in total. The number of anilines is 1. The van der Waals surface area contributed by atoms with Crippen LogP contribution in [0.3, 0.4) is 0 Å². The maximum atomic E-state index is 14.1. The fourth-order valence-electron chi connectivity index (χ4n) is 5.45. The molecule has 9 heteroatoms. The molecule has 0 saturated carbocycles. The number of benzene rings is 4. The summed E-state index contributed by atoms with van der Waals surface area (Å²) in [6.45, 7) is 8.25. The van der Waals surface area contributed by atoms with E-state index in [0.717, 1.165) is 39.3 Å². The van der Waals surface area contributed by atoms with E-state index in [9.17, 15) is 13.2 Å². The van der Waals surface area contributed by atoms with E-state index in [1.54, 1.807) is 42.6 Å². The van der Waals surface area contributed by atoms with E-state index >= 15 is 0 Å². The number of aryl methyl sites for hydroxylation is 3. The summed E-state index contributed by atoms with van der Waals surface area (Å²) in [7, 11) is -2.56. The second-order valence-corrected chi connectivity index (χ2v) is 12.7. The number of methoxy groups -OCH3 is 1. The van der Waals surface area contributed by atoms with Crippen LogP contribution in [0.5, 0.6) is 5.75 Å². The van der Waals surface area contributed by atoms with Gasteiger partial charge in [-0.1, -0.05) is 60.7 Å². The van der Waals surface area contributed by atoms with Crippen molar-refractivity contribution in [3.63, 3.8) is 0 Å². The fraction of sp³-hybridized carbons (Fsp3) is 0.167. The van der Waals surface area contributed by atoms with Crippen molar-refractivity contribution in [3.05, 3.63) is 142 Å². The molecule has 230 valence electrons. The lowest BCUT2D eigenvalue weighted by Crippen LogP contribution is -2.33. The molecule has 5 aromatic rings. The van der Waals surface area contributed by atoms with Crippen molar-refractivity contribution < 1.29 is 17.9 Å². The highest BCUT2D eigenvalue weighted by Crippen LogP contribution is 2.30. The highest BCUT2D eigenvalue weighted by molar-refractivity contribution is 7.92. The molecule has 45 heavy (non-hydrogen) atoms. The van der Waals surface area contributed by atoms with Gasteiger partial charge in [-0.25, -0.2) is 13.8 Å². The van der Waals surface area contributed by atoms with E-state index in [1.165, 1.54) is 23.5 Å². The Morgan fingerprint density at radius 2 is 1.51 bits per heavy atom. The first-order valence-electron chi connectivity index (χ1n) is 14.5. The summed E-state index contributed by atoms with van der Waals surface area (Å²) in [4.78, 5) is 13.6. The van der Waals surface area contributed by atoms with Gasteiger partial charge >= 0.3 is 0 Å². The predicted octanol–water partition coefficient (Wildman–Crippen LogP) is 6.88. The molecule has 1 aromatic heterocycles. The Morgan fingerprint density at radius 1 is 0.867 bits per heavy atom. The van der Waals surface area contributed by atoms with Gasteiger partial charge in [-0.2, -0.15) is 5.10 Å². The van der Waals surface area contributed by atoms with Crippen LogP contribution in [0.1, 0.15) is 44.0 Å². The lowest BCUT2D eigenvalue weighted by Gasteiger charge is -2.26. The van der Waals surface area contributed by atoms with Gasteiger partial charge in [0.15, 0.2) is 0 Å². The first-order valence-corrected chi connectivity index (χ1v) is 15.9. The number of ether oxygens (including phenoxy) is 1. The molecule has 1 heterocycles. The van der Waals surface area contributed by atoms with Crippen LogP contribution in [-0.2, 0) is 16.6 Å². The summed E-state index contributed by atoms with van der Waals surface area (Å²) >= 11 is 0. The minimum Gasteiger partial charge on any atom is -0.497 e. The average molecular weight is 621 g/mol. The van der Waals surface area contributed by atoms with Crippen LogP contribution in [0.25, 0.3) is 5.69 Å². The van der Waals surface area contributed by atoms with Gasteiger partial charge in [-0.3, -0.25) is 9.10 Å². The molecule has 0 saturated heterocycles. The average Bonchev–Trinajstić information content (AvgIpc) is 3.32. The maximum absolute atomic E-state index is 14.1. The lowest BCUT2D eigenvalue weighted by atomic mass is 10.1. The Bertz CT molecular complexity index is 1940. The standard InChI is InChI=1S/C36H36N4O4S/c1-25-12-11-13-26(2)35(25)40-27(3)22-30(28(40)4)23-37-38-36(41)33-16-9-10-17-34(33)39(24-29-14-7-6-8-15-29)45(42,43)32-20-18-31(44-5)19-21-32/h6-23H,24H2,1-5H3,(H,38,41)/b37-23-. The number of hydrogen-bond acceptors (Lipinski definition) is 5. The van der Waals surface area contributed by atoms with Crippen molar-refractivity contribution in [2.45, 2.75) is 39.1 Å². The Labute approximate surface area is 264 Å². The number of sulfonamides is 1. The Hall–Kier alpha value is -5.15. The molecule has 0 unspecified atom stereocenters. The zero-order valence-corrected chi connectivity index (χ0v) is 26.8. The van der Waals surface area contributed by atoms with Gasteiger partial charge in [-0.05, 0) is 86.8 Å². The second kappa shape index (κ2) is 13.2. The number of amides is 1. The van der Waals surface area contributed by atoms with Crippen molar-refractivity contribution >= 4 is 27.8 Å². The highest BCUT2D eigenvalue weighted by atomic mass is 32.2. The van der Waals surface area contributed by atoms with E-state index < -0.39 is 15.9 Å². The molecular formula is C36H36N4O4S. The number of carbonyl (C=O) groups is 1. The summed E-state index contributed by atoms with van der Waals surface area (Å²) in [6, 6.07) is 30.3.